The van der Waals surface area contributed by atoms with E-state index >= 15 is 0 Å². The number of hydrogen-bond donors (Lipinski definition) is 1. The number of nitrogens with zero attached hydrogens (tertiary/aromatic N) is 3. The van der Waals surface area contributed by atoms with E-state index in [-0.39, 0.29) is 5.88 Å². The molecule has 5 rings (SSSR count). The van der Waals surface area contributed by atoms with Gasteiger partial charge in [-0.15, -0.1) is 11.3 Å². The molecule has 0 saturated heterocycles. The molecule has 3 heterocycles. The number of aromatic nitrogens is 3. The van der Waals surface area contributed by atoms with Gasteiger partial charge in [-0.3, -0.25) is 4.40 Å². The third-order valence-corrected chi connectivity index (χ3v) is 6.05. The summed E-state index contributed by atoms with van der Waals surface area (Å²) in [6, 6.07) is 22.6. The molecule has 0 spiro atoms. The van der Waals surface area contributed by atoms with Gasteiger partial charge >= 0.3 is 0 Å². The highest BCUT2D eigenvalue weighted by Crippen LogP contribution is 2.29. The third kappa shape index (κ3) is 3.60. The van der Waals surface area contributed by atoms with Crippen molar-refractivity contribution in [3.8, 4) is 17.1 Å². The second-order valence-corrected chi connectivity index (χ2v) is 8.47. The fraction of sp³-hybridized carbons (Fsp3) is 0.120. The van der Waals surface area contributed by atoms with Crippen molar-refractivity contribution >= 4 is 17.0 Å². The van der Waals surface area contributed by atoms with E-state index in [1.165, 1.54) is 10.4 Å². The SMILES string of the molecule is Cc1cccc(-c2cn3c(O)c(Cc4cccs4)nc3c(Cc3ccccc3)n2)c1. The molecule has 5 heteroatoms. The van der Waals surface area contributed by atoms with Crippen molar-refractivity contribution in [2.24, 2.45) is 0 Å². The van der Waals surface area contributed by atoms with E-state index in [1.807, 2.05) is 48.0 Å². The number of aryl methyl sites for hydroxylation is 1. The molecule has 3 aromatic heterocycles. The minimum absolute atomic E-state index is 0.184. The quantitative estimate of drug-likeness (QED) is 0.406. The molecule has 0 amide bonds. The molecule has 0 unspecified atom stereocenters. The van der Waals surface area contributed by atoms with Gasteiger partial charge in [-0.25, -0.2) is 9.97 Å². The number of thiophene rings is 1. The molecule has 5 aromatic rings. The highest BCUT2D eigenvalue weighted by molar-refractivity contribution is 7.09. The second-order valence-electron chi connectivity index (χ2n) is 7.44. The first-order valence-corrected chi connectivity index (χ1v) is 10.8. The summed E-state index contributed by atoms with van der Waals surface area (Å²) in [5, 5.41) is 13.0. The summed E-state index contributed by atoms with van der Waals surface area (Å²) >= 11 is 1.67. The molecule has 148 valence electrons. The van der Waals surface area contributed by atoms with Crippen LogP contribution in [-0.4, -0.2) is 19.5 Å². The van der Waals surface area contributed by atoms with E-state index < -0.39 is 0 Å². The van der Waals surface area contributed by atoms with Gasteiger partial charge in [0.1, 0.15) is 5.69 Å². The van der Waals surface area contributed by atoms with Crippen LogP contribution in [0.15, 0.2) is 78.3 Å². The Labute approximate surface area is 179 Å². The van der Waals surface area contributed by atoms with E-state index in [2.05, 4.69) is 37.3 Å². The predicted octanol–water partition coefficient (Wildman–Crippen LogP) is 5.65. The Hall–Kier alpha value is -3.44. The first-order valence-electron chi connectivity index (χ1n) is 9.90. The van der Waals surface area contributed by atoms with Gasteiger partial charge in [0.2, 0.25) is 5.88 Å². The molecule has 4 nitrogen and oxygen atoms in total. The van der Waals surface area contributed by atoms with Gasteiger partial charge in [-0.2, -0.15) is 0 Å². The Balaban J connectivity index is 1.67. The van der Waals surface area contributed by atoms with Crippen LogP contribution in [-0.2, 0) is 12.8 Å². The summed E-state index contributed by atoms with van der Waals surface area (Å²) in [5.41, 5.74) is 6.43. The Bertz CT molecular complexity index is 1310. The van der Waals surface area contributed by atoms with Crippen molar-refractivity contribution in [3.63, 3.8) is 0 Å². The lowest BCUT2D eigenvalue weighted by Gasteiger charge is -2.09. The molecular weight excluding hydrogens is 390 g/mol. The summed E-state index contributed by atoms with van der Waals surface area (Å²) in [7, 11) is 0. The molecule has 0 aliphatic heterocycles. The van der Waals surface area contributed by atoms with E-state index in [1.54, 1.807) is 15.7 Å². The molecule has 0 aliphatic rings. The second kappa shape index (κ2) is 7.76. The van der Waals surface area contributed by atoms with Crippen molar-refractivity contribution in [2.75, 3.05) is 0 Å². The average molecular weight is 412 g/mol. The van der Waals surface area contributed by atoms with Gasteiger partial charge in [0, 0.05) is 29.5 Å². The maximum absolute atomic E-state index is 11.0. The summed E-state index contributed by atoms with van der Waals surface area (Å²) in [6.45, 7) is 2.07. The molecule has 30 heavy (non-hydrogen) atoms. The van der Waals surface area contributed by atoms with Crippen LogP contribution >= 0.6 is 11.3 Å². The summed E-state index contributed by atoms with van der Waals surface area (Å²) < 4.78 is 1.78. The number of benzene rings is 2. The molecule has 1 N–H and O–H groups in total. The summed E-state index contributed by atoms with van der Waals surface area (Å²) in [4.78, 5) is 10.9. The van der Waals surface area contributed by atoms with Crippen molar-refractivity contribution < 1.29 is 5.11 Å². The minimum Gasteiger partial charge on any atom is -0.493 e. The first-order chi connectivity index (χ1) is 14.7. The van der Waals surface area contributed by atoms with Crippen molar-refractivity contribution in [3.05, 3.63) is 106 Å². The molecule has 0 fully saturated rings. The van der Waals surface area contributed by atoms with Gasteiger partial charge in [-0.05, 0) is 30.0 Å². The maximum Gasteiger partial charge on any atom is 0.219 e. The van der Waals surface area contributed by atoms with E-state index in [9.17, 15) is 5.11 Å². The smallest absolute Gasteiger partial charge is 0.219 e. The van der Waals surface area contributed by atoms with Crippen molar-refractivity contribution in [1.82, 2.24) is 14.4 Å². The van der Waals surface area contributed by atoms with Crippen LogP contribution in [0.25, 0.3) is 16.9 Å². The van der Waals surface area contributed by atoms with Crippen LogP contribution in [0.2, 0.25) is 0 Å². The molecular formula is C25H21N3OS. The maximum atomic E-state index is 11.0. The monoisotopic (exact) mass is 411 g/mol. The lowest BCUT2D eigenvalue weighted by atomic mass is 10.1. The van der Waals surface area contributed by atoms with Gasteiger partial charge < -0.3 is 5.11 Å². The predicted molar refractivity (Wildman–Crippen MR) is 121 cm³/mol. The van der Waals surface area contributed by atoms with Gasteiger partial charge in [0.25, 0.3) is 0 Å². The summed E-state index contributed by atoms with van der Waals surface area (Å²) in [5.74, 6) is 0.184. The van der Waals surface area contributed by atoms with Crippen LogP contribution in [0.5, 0.6) is 5.88 Å². The Morgan fingerprint density at radius 3 is 2.53 bits per heavy atom. The van der Waals surface area contributed by atoms with Gasteiger partial charge in [0.05, 0.1) is 11.4 Å². The Morgan fingerprint density at radius 1 is 0.900 bits per heavy atom. The molecule has 0 radical (unpaired) electrons. The van der Waals surface area contributed by atoms with Crippen LogP contribution < -0.4 is 0 Å². The number of rotatable bonds is 5. The highest BCUT2D eigenvalue weighted by Gasteiger charge is 2.18. The molecule has 0 saturated carbocycles. The van der Waals surface area contributed by atoms with E-state index in [0.29, 0.717) is 24.2 Å². The van der Waals surface area contributed by atoms with Crippen molar-refractivity contribution in [1.29, 1.82) is 0 Å². The third-order valence-electron chi connectivity index (χ3n) is 5.17. The van der Waals surface area contributed by atoms with Gasteiger partial charge in [-0.1, -0.05) is 60.2 Å². The number of imidazole rings is 1. The topological polar surface area (TPSA) is 50.4 Å². The normalized spacial score (nSPS) is 11.2. The fourth-order valence-corrected chi connectivity index (χ4v) is 4.40. The van der Waals surface area contributed by atoms with Gasteiger partial charge in [0.15, 0.2) is 5.65 Å². The molecule has 0 atom stereocenters. The lowest BCUT2D eigenvalue weighted by Crippen LogP contribution is -2.01. The standard InChI is InChI=1S/C25H21N3OS/c1-17-7-5-10-19(13-17)23-16-28-24(21(26-23)14-18-8-3-2-4-9-18)27-22(25(28)29)15-20-11-6-12-30-20/h2-13,16,29H,14-15H2,1H3. The molecule has 0 aliphatic carbocycles. The average Bonchev–Trinajstić information content (AvgIpc) is 3.38. The number of hydrogen-bond acceptors (Lipinski definition) is 4. The molecule has 2 aromatic carbocycles. The van der Waals surface area contributed by atoms with E-state index in [0.717, 1.165) is 22.5 Å². The minimum atomic E-state index is 0.184. The Morgan fingerprint density at radius 2 is 1.77 bits per heavy atom. The fourth-order valence-electron chi connectivity index (χ4n) is 3.69. The zero-order valence-corrected chi connectivity index (χ0v) is 17.4. The van der Waals surface area contributed by atoms with Crippen LogP contribution in [0.1, 0.15) is 27.4 Å². The van der Waals surface area contributed by atoms with Crippen LogP contribution in [0.4, 0.5) is 0 Å². The Kier molecular flexibility index (Phi) is 4.81. The zero-order valence-electron chi connectivity index (χ0n) is 16.6. The first kappa shape index (κ1) is 18.6. The largest absolute Gasteiger partial charge is 0.493 e. The number of fused-ring (bicyclic) bond motifs is 1. The lowest BCUT2D eigenvalue weighted by molar-refractivity contribution is 0.442. The van der Waals surface area contributed by atoms with Crippen LogP contribution in [0, 0.1) is 6.92 Å². The van der Waals surface area contributed by atoms with Crippen LogP contribution in [0.3, 0.4) is 0 Å². The highest BCUT2D eigenvalue weighted by atomic mass is 32.1. The zero-order chi connectivity index (χ0) is 20.5. The summed E-state index contributed by atoms with van der Waals surface area (Å²) in [6.07, 6.45) is 3.15. The van der Waals surface area contributed by atoms with E-state index in [4.69, 9.17) is 9.97 Å². The molecule has 0 bridgehead atoms. The van der Waals surface area contributed by atoms with Crippen molar-refractivity contribution in [2.45, 2.75) is 19.8 Å². The number of aromatic hydroxyl groups is 1.